The van der Waals surface area contributed by atoms with Crippen molar-refractivity contribution in [2.45, 2.75) is 18.3 Å². The molecule has 6 nitrogen and oxygen atoms in total. The monoisotopic (exact) mass is 165 g/mol. The van der Waals surface area contributed by atoms with Crippen molar-refractivity contribution in [3.8, 4) is 0 Å². The van der Waals surface area contributed by atoms with Gasteiger partial charge in [0.2, 0.25) is 5.91 Å². The van der Waals surface area contributed by atoms with Crippen LogP contribution >= 0.6 is 0 Å². The third kappa shape index (κ3) is 2.81. The van der Waals surface area contributed by atoms with Crippen molar-refractivity contribution >= 4 is 5.91 Å². The molecule has 0 heterocycles. The molecular weight excluding hydrogens is 154 g/mol. The van der Waals surface area contributed by atoms with Crippen molar-refractivity contribution in [3.63, 3.8) is 0 Å². The molecule has 0 radical (unpaired) electrons. The van der Waals surface area contributed by atoms with E-state index in [1.54, 1.807) is 0 Å². The van der Waals surface area contributed by atoms with Crippen LogP contribution in [0.4, 0.5) is 0 Å². The van der Waals surface area contributed by atoms with Gasteiger partial charge in [-0.05, 0) is 0 Å². The molecule has 0 aromatic carbocycles. The lowest BCUT2D eigenvalue weighted by Gasteiger charge is -2.18. The van der Waals surface area contributed by atoms with Crippen LogP contribution in [-0.4, -0.2) is 51.3 Å². The number of amides is 1. The highest BCUT2D eigenvalue weighted by Crippen LogP contribution is 1.98. The summed E-state index contributed by atoms with van der Waals surface area (Å²) in [6, 6.07) is 0. The van der Waals surface area contributed by atoms with Crippen molar-refractivity contribution in [1.29, 1.82) is 0 Å². The van der Waals surface area contributed by atoms with Gasteiger partial charge in [-0.1, -0.05) is 0 Å². The zero-order valence-electron chi connectivity index (χ0n) is 5.71. The van der Waals surface area contributed by atoms with Crippen LogP contribution in [0.3, 0.4) is 0 Å². The minimum atomic E-state index is -1.85. The molecule has 1 amide bonds. The lowest BCUT2D eigenvalue weighted by atomic mass is 10.1. The predicted octanol–water partition coefficient (Wildman–Crippen LogP) is -3.45. The normalized spacial score (nSPS) is 18.9. The van der Waals surface area contributed by atoms with Gasteiger partial charge in [0.1, 0.15) is 12.2 Å². The molecule has 6 heteroatoms. The van der Waals surface area contributed by atoms with E-state index < -0.39 is 30.8 Å². The molecule has 0 saturated carbocycles. The zero-order valence-corrected chi connectivity index (χ0v) is 5.71. The van der Waals surface area contributed by atoms with Gasteiger partial charge in [0.05, 0.1) is 6.61 Å². The Morgan fingerprint density at radius 3 is 2.09 bits per heavy atom. The van der Waals surface area contributed by atoms with Crippen LogP contribution in [0.5, 0.6) is 0 Å². The molecule has 0 saturated heterocycles. The lowest BCUT2D eigenvalue weighted by molar-refractivity contribution is -0.139. The first-order valence-electron chi connectivity index (χ1n) is 2.95. The molecule has 3 atom stereocenters. The average Bonchev–Trinajstić information content (AvgIpc) is 2.00. The summed E-state index contributed by atoms with van der Waals surface area (Å²) in [5.41, 5.74) is 4.59. The van der Waals surface area contributed by atoms with Crippen LogP contribution in [0.25, 0.3) is 0 Å². The van der Waals surface area contributed by atoms with Crippen LogP contribution in [-0.2, 0) is 4.79 Å². The van der Waals surface area contributed by atoms with E-state index in [-0.39, 0.29) is 0 Å². The fraction of sp³-hybridized carbons (Fsp3) is 0.800. The van der Waals surface area contributed by atoms with Crippen LogP contribution in [0.2, 0.25) is 0 Å². The number of aliphatic hydroxyl groups excluding tert-OH is 4. The molecule has 0 spiro atoms. The first-order chi connectivity index (χ1) is 5.00. The topological polar surface area (TPSA) is 124 Å². The molecule has 0 aliphatic heterocycles. The van der Waals surface area contributed by atoms with Gasteiger partial charge in [-0.25, -0.2) is 0 Å². The lowest BCUT2D eigenvalue weighted by Crippen LogP contribution is -2.46. The van der Waals surface area contributed by atoms with Crippen LogP contribution in [0, 0.1) is 0 Å². The van der Waals surface area contributed by atoms with Crippen molar-refractivity contribution in [3.05, 3.63) is 0 Å². The fourth-order valence-corrected chi connectivity index (χ4v) is 0.487. The van der Waals surface area contributed by atoms with Crippen LogP contribution in [0.1, 0.15) is 0 Å². The third-order valence-corrected chi connectivity index (χ3v) is 1.20. The molecule has 66 valence electrons. The van der Waals surface area contributed by atoms with Crippen molar-refractivity contribution in [2.24, 2.45) is 5.73 Å². The van der Waals surface area contributed by atoms with E-state index in [1.807, 2.05) is 0 Å². The quantitative estimate of drug-likeness (QED) is 0.296. The Bertz CT molecular complexity index is 139. The van der Waals surface area contributed by atoms with Crippen molar-refractivity contribution in [1.82, 2.24) is 0 Å². The fourth-order valence-electron chi connectivity index (χ4n) is 0.487. The molecular formula is C5H11NO5. The summed E-state index contributed by atoms with van der Waals surface area (Å²) in [5.74, 6) is -1.15. The highest BCUT2D eigenvalue weighted by atomic mass is 16.4. The van der Waals surface area contributed by atoms with E-state index >= 15 is 0 Å². The number of carbonyl (C=O) groups excluding carboxylic acids is 1. The maximum atomic E-state index is 10.2. The van der Waals surface area contributed by atoms with Gasteiger partial charge in [0, 0.05) is 0 Å². The number of hydrogen-bond donors (Lipinski definition) is 5. The predicted molar refractivity (Wildman–Crippen MR) is 34.3 cm³/mol. The molecule has 0 aliphatic carbocycles. The first kappa shape index (κ1) is 10.3. The summed E-state index contributed by atoms with van der Waals surface area (Å²) in [7, 11) is 0. The van der Waals surface area contributed by atoms with Crippen LogP contribution < -0.4 is 5.73 Å². The number of primary amides is 1. The summed E-state index contributed by atoms with van der Waals surface area (Å²) < 4.78 is 0. The molecule has 0 rings (SSSR count). The van der Waals surface area contributed by atoms with Gasteiger partial charge < -0.3 is 26.2 Å². The van der Waals surface area contributed by atoms with Gasteiger partial charge in [0.15, 0.2) is 6.10 Å². The summed E-state index contributed by atoms with van der Waals surface area (Å²) in [6.45, 7) is -0.745. The van der Waals surface area contributed by atoms with E-state index in [0.717, 1.165) is 0 Å². The SMILES string of the molecule is NC(=O)C(O)[C@H](O)[C@H](O)CO. The second-order valence-electron chi connectivity index (χ2n) is 2.09. The standard InChI is InChI=1S/C5H11NO5/c6-5(11)4(10)3(9)2(8)1-7/h2-4,7-10H,1H2,(H2,6,11)/t2-,3-,4?/m1/s1. The zero-order chi connectivity index (χ0) is 9.02. The second kappa shape index (κ2) is 4.24. The van der Waals surface area contributed by atoms with Crippen molar-refractivity contribution in [2.75, 3.05) is 6.61 Å². The smallest absolute Gasteiger partial charge is 0.249 e. The molecule has 0 aromatic rings. The van der Waals surface area contributed by atoms with Gasteiger partial charge in [-0.15, -0.1) is 0 Å². The molecule has 1 unspecified atom stereocenters. The second-order valence-corrected chi connectivity index (χ2v) is 2.09. The Kier molecular flexibility index (Phi) is 3.98. The number of rotatable bonds is 4. The van der Waals surface area contributed by atoms with Gasteiger partial charge in [-0.3, -0.25) is 4.79 Å². The third-order valence-electron chi connectivity index (χ3n) is 1.20. The number of hydrogen-bond acceptors (Lipinski definition) is 5. The minimum Gasteiger partial charge on any atom is -0.394 e. The van der Waals surface area contributed by atoms with E-state index in [9.17, 15) is 4.79 Å². The highest BCUT2D eigenvalue weighted by Gasteiger charge is 2.27. The summed E-state index contributed by atoms with van der Waals surface area (Å²) in [6.07, 6.45) is -5.15. The largest absolute Gasteiger partial charge is 0.394 e. The van der Waals surface area contributed by atoms with Gasteiger partial charge in [0.25, 0.3) is 0 Å². The Balaban J connectivity index is 4.00. The van der Waals surface area contributed by atoms with E-state index in [2.05, 4.69) is 5.73 Å². The summed E-state index contributed by atoms with van der Waals surface area (Å²) in [4.78, 5) is 10.2. The van der Waals surface area contributed by atoms with E-state index in [4.69, 9.17) is 20.4 Å². The van der Waals surface area contributed by atoms with Crippen LogP contribution in [0.15, 0.2) is 0 Å². The Hall–Kier alpha value is -0.690. The first-order valence-corrected chi connectivity index (χ1v) is 2.95. The average molecular weight is 165 g/mol. The van der Waals surface area contributed by atoms with E-state index in [1.165, 1.54) is 0 Å². The van der Waals surface area contributed by atoms with Gasteiger partial charge in [-0.2, -0.15) is 0 Å². The number of nitrogens with two attached hydrogens (primary N) is 1. The number of aliphatic hydroxyl groups is 4. The molecule has 0 aliphatic rings. The van der Waals surface area contributed by atoms with E-state index in [0.29, 0.717) is 0 Å². The Morgan fingerprint density at radius 1 is 1.36 bits per heavy atom. The van der Waals surface area contributed by atoms with Crippen molar-refractivity contribution < 1.29 is 25.2 Å². The van der Waals surface area contributed by atoms with Gasteiger partial charge >= 0.3 is 0 Å². The molecule has 6 N–H and O–H groups in total. The maximum Gasteiger partial charge on any atom is 0.249 e. The summed E-state index contributed by atoms with van der Waals surface area (Å²) >= 11 is 0. The molecule has 0 fully saturated rings. The Morgan fingerprint density at radius 2 is 1.82 bits per heavy atom. The minimum absolute atomic E-state index is 0.745. The molecule has 0 aromatic heterocycles. The maximum absolute atomic E-state index is 10.2. The molecule has 0 bridgehead atoms. The highest BCUT2D eigenvalue weighted by molar-refractivity contribution is 5.79. The summed E-state index contributed by atoms with van der Waals surface area (Å²) in [5, 5.41) is 34.4. The molecule has 11 heavy (non-hydrogen) atoms. The Labute approximate surface area is 62.9 Å². The number of carbonyl (C=O) groups is 1.